The second-order valence-electron chi connectivity index (χ2n) is 12.4. The van der Waals surface area contributed by atoms with E-state index >= 15 is 0 Å². The molecule has 0 unspecified atom stereocenters. The number of benzene rings is 2. The molecular formula is C36H40N6O2. The molecule has 0 spiro atoms. The molecule has 2 aliphatic rings. The average molecular weight is 589 g/mol. The number of aryl methyl sites for hydroxylation is 2. The van der Waals surface area contributed by atoms with Crippen LogP contribution >= 0.6 is 0 Å². The Labute approximate surface area is 257 Å². The SMILES string of the molecule is CCCOc1nccc(-c2cccc3c2Cc2cccc(CC)c2-3)c1-c1nc2c(CC)n(C3(C(C)C)CNC3)nc2c(=O)[nH]1. The summed E-state index contributed by atoms with van der Waals surface area (Å²) in [5, 5.41) is 8.32. The molecule has 5 aromatic rings. The monoisotopic (exact) mass is 588 g/mol. The summed E-state index contributed by atoms with van der Waals surface area (Å²) in [6, 6.07) is 15.2. The van der Waals surface area contributed by atoms with Crippen molar-refractivity contribution < 1.29 is 4.74 Å². The van der Waals surface area contributed by atoms with Crippen molar-refractivity contribution in [2.24, 2.45) is 5.92 Å². The van der Waals surface area contributed by atoms with Gasteiger partial charge in [-0.3, -0.25) is 9.48 Å². The molecule has 8 nitrogen and oxygen atoms in total. The first-order valence-electron chi connectivity index (χ1n) is 16.0. The largest absolute Gasteiger partial charge is 0.477 e. The summed E-state index contributed by atoms with van der Waals surface area (Å²) in [5.74, 6) is 1.28. The molecule has 1 fully saturated rings. The normalized spacial score (nSPS) is 15.0. The smallest absolute Gasteiger partial charge is 0.279 e. The van der Waals surface area contributed by atoms with Gasteiger partial charge in [0.15, 0.2) is 5.52 Å². The van der Waals surface area contributed by atoms with Crippen molar-refractivity contribution in [2.75, 3.05) is 19.7 Å². The van der Waals surface area contributed by atoms with Gasteiger partial charge in [0.05, 0.1) is 23.4 Å². The van der Waals surface area contributed by atoms with Crippen molar-refractivity contribution in [3.63, 3.8) is 0 Å². The molecule has 0 bridgehead atoms. The highest BCUT2D eigenvalue weighted by Gasteiger charge is 2.44. The van der Waals surface area contributed by atoms with E-state index in [9.17, 15) is 4.79 Å². The minimum absolute atomic E-state index is 0.176. The molecule has 0 atom stereocenters. The Balaban J connectivity index is 1.46. The maximum atomic E-state index is 13.8. The zero-order chi connectivity index (χ0) is 30.6. The van der Waals surface area contributed by atoms with Gasteiger partial charge in [-0.05, 0) is 76.6 Å². The quantitative estimate of drug-likeness (QED) is 0.206. The Hall–Kier alpha value is -4.30. The van der Waals surface area contributed by atoms with Gasteiger partial charge >= 0.3 is 0 Å². The van der Waals surface area contributed by atoms with Gasteiger partial charge in [0.25, 0.3) is 5.56 Å². The van der Waals surface area contributed by atoms with E-state index in [1.54, 1.807) is 6.20 Å². The van der Waals surface area contributed by atoms with Crippen molar-refractivity contribution in [2.45, 2.75) is 65.8 Å². The fraction of sp³-hybridized carbons (Fsp3) is 0.389. The van der Waals surface area contributed by atoms with Gasteiger partial charge < -0.3 is 15.0 Å². The lowest BCUT2D eigenvalue weighted by Crippen LogP contribution is -2.64. The molecule has 2 N–H and O–H groups in total. The highest BCUT2D eigenvalue weighted by Crippen LogP contribution is 2.46. The van der Waals surface area contributed by atoms with Gasteiger partial charge in [-0.15, -0.1) is 0 Å². The molecule has 0 radical (unpaired) electrons. The lowest BCUT2D eigenvalue weighted by Gasteiger charge is -2.46. The van der Waals surface area contributed by atoms with Crippen LogP contribution in [-0.2, 0) is 24.8 Å². The Bertz CT molecular complexity index is 1950. The number of H-pyrrole nitrogens is 1. The predicted octanol–water partition coefficient (Wildman–Crippen LogP) is 6.29. The number of aromatic nitrogens is 5. The number of aromatic amines is 1. The number of nitrogens with one attached hydrogen (secondary N) is 2. The standard InChI is InChI=1S/C36H40N6O2/c1-6-17-44-35-30(33-39-31-28(8-3)42(41-32(31)34(43)40-33)36(21(4)5)19-37-20-36)26(15-16-38-35)24-13-10-14-25-27(24)18-23-12-9-11-22(7-2)29(23)25/h9-16,21,37H,6-8,17-20H2,1-5H3,(H,39,40,43). The van der Waals surface area contributed by atoms with Gasteiger partial charge in [-0.1, -0.05) is 71.0 Å². The number of ether oxygens (including phenoxy) is 1. The van der Waals surface area contributed by atoms with Crippen LogP contribution in [0.15, 0.2) is 53.5 Å². The van der Waals surface area contributed by atoms with Crippen LogP contribution in [0.4, 0.5) is 0 Å². The minimum Gasteiger partial charge on any atom is -0.477 e. The van der Waals surface area contributed by atoms with Crippen LogP contribution in [0.5, 0.6) is 5.88 Å². The van der Waals surface area contributed by atoms with Crippen molar-refractivity contribution in [1.29, 1.82) is 0 Å². The summed E-state index contributed by atoms with van der Waals surface area (Å²) in [7, 11) is 0. The molecule has 0 saturated carbocycles. The van der Waals surface area contributed by atoms with Crippen LogP contribution in [0.2, 0.25) is 0 Å². The van der Waals surface area contributed by atoms with Crippen LogP contribution in [0.3, 0.4) is 0 Å². The molecule has 1 aliphatic heterocycles. The summed E-state index contributed by atoms with van der Waals surface area (Å²) in [4.78, 5) is 26.7. The van der Waals surface area contributed by atoms with E-state index in [1.165, 1.54) is 27.8 Å². The number of rotatable bonds is 9. The fourth-order valence-corrected chi connectivity index (χ4v) is 7.11. The molecule has 7 rings (SSSR count). The Morgan fingerprint density at radius 1 is 0.955 bits per heavy atom. The Morgan fingerprint density at radius 3 is 2.45 bits per heavy atom. The third kappa shape index (κ3) is 4.22. The van der Waals surface area contributed by atoms with E-state index < -0.39 is 0 Å². The second-order valence-corrected chi connectivity index (χ2v) is 12.4. The van der Waals surface area contributed by atoms with Crippen molar-refractivity contribution >= 4 is 11.0 Å². The summed E-state index contributed by atoms with van der Waals surface area (Å²) in [6.45, 7) is 13.0. The van der Waals surface area contributed by atoms with Gasteiger partial charge in [-0.25, -0.2) is 9.97 Å². The Kier molecular flexibility index (Phi) is 7.12. The molecule has 4 heterocycles. The first-order valence-corrected chi connectivity index (χ1v) is 16.0. The molecule has 44 heavy (non-hydrogen) atoms. The molecule has 226 valence electrons. The molecule has 2 aromatic carbocycles. The van der Waals surface area contributed by atoms with Crippen molar-refractivity contribution in [3.8, 4) is 39.5 Å². The van der Waals surface area contributed by atoms with E-state index in [1.807, 2.05) is 6.07 Å². The summed E-state index contributed by atoms with van der Waals surface area (Å²) >= 11 is 0. The molecule has 1 saturated heterocycles. The Morgan fingerprint density at radius 2 is 1.75 bits per heavy atom. The lowest BCUT2D eigenvalue weighted by molar-refractivity contribution is 0.0911. The first-order chi connectivity index (χ1) is 21.4. The third-order valence-corrected chi connectivity index (χ3v) is 9.63. The molecular weight excluding hydrogens is 548 g/mol. The summed E-state index contributed by atoms with van der Waals surface area (Å²) < 4.78 is 8.32. The average Bonchev–Trinajstić information content (AvgIpc) is 3.58. The number of hydrogen-bond donors (Lipinski definition) is 2. The van der Waals surface area contributed by atoms with E-state index in [4.69, 9.17) is 14.8 Å². The predicted molar refractivity (Wildman–Crippen MR) is 175 cm³/mol. The van der Waals surface area contributed by atoms with Gasteiger partial charge in [0.1, 0.15) is 11.3 Å². The number of nitrogens with zero attached hydrogens (tertiary/aromatic N) is 4. The second kappa shape index (κ2) is 11.0. The highest BCUT2D eigenvalue weighted by atomic mass is 16.5. The van der Waals surface area contributed by atoms with Crippen molar-refractivity contribution in [1.82, 2.24) is 30.0 Å². The van der Waals surface area contributed by atoms with Gasteiger partial charge in [-0.2, -0.15) is 5.10 Å². The zero-order valence-electron chi connectivity index (χ0n) is 26.3. The van der Waals surface area contributed by atoms with Gasteiger partial charge in [0.2, 0.25) is 5.88 Å². The summed E-state index contributed by atoms with van der Waals surface area (Å²) in [5.41, 5.74) is 10.9. The topological polar surface area (TPSA) is 97.7 Å². The van der Waals surface area contributed by atoms with Crippen molar-refractivity contribution in [3.05, 3.63) is 81.4 Å². The number of fused-ring (bicyclic) bond motifs is 4. The first kappa shape index (κ1) is 28.5. The van der Waals surface area contributed by atoms with E-state index in [0.717, 1.165) is 49.2 Å². The van der Waals surface area contributed by atoms with Crippen LogP contribution in [0.1, 0.15) is 63.4 Å². The fourth-order valence-electron chi connectivity index (χ4n) is 7.11. The number of hydrogen-bond acceptors (Lipinski definition) is 6. The van der Waals surface area contributed by atoms with Crippen LogP contribution in [0, 0.1) is 5.92 Å². The van der Waals surface area contributed by atoms with E-state index in [0.29, 0.717) is 47.2 Å². The maximum absolute atomic E-state index is 13.8. The number of pyridine rings is 1. The molecule has 1 aliphatic carbocycles. The van der Waals surface area contributed by atoms with Crippen LogP contribution in [-0.4, -0.2) is 44.4 Å². The third-order valence-electron chi connectivity index (χ3n) is 9.63. The molecule has 8 heteroatoms. The van der Waals surface area contributed by atoms with Crippen LogP contribution in [0.25, 0.3) is 44.7 Å². The maximum Gasteiger partial charge on any atom is 0.279 e. The lowest BCUT2D eigenvalue weighted by atomic mass is 9.81. The zero-order valence-corrected chi connectivity index (χ0v) is 26.3. The van der Waals surface area contributed by atoms with E-state index in [-0.39, 0.29) is 11.1 Å². The minimum atomic E-state index is -0.251. The van der Waals surface area contributed by atoms with E-state index in [2.05, 4.69) is 91.0 Å². The van der Waals surface area contributed by atoms with Crippen LogP contribution < -0.4 is 15.6 Å². The van der Waals surface area contributed by atoms with Gasteiger partial charge in [0, 0.05) is 19.3 Å². The summed E-state index contributed by atoms with van der Waals surface area (Å²) in [6.07, 6.45) is 5.18. The molecule has 3 aromatic heterocycles. The molecule has 0 amide bonds. The highest BCUT2D eigenvalue weighted by molar-refractivity contribution is 5.92.